The molecule has 0 aliphatic heterocycles. The van der Waals surface area contributed by atoms with Crippen molar-refractivity contribution < 1.29 is 9.59 Å². The van der Waals surface area contributed by atoms with E-state index in [0.717, 1.165) is 43.5 Å². The summed E-state index contributed by atoms with van der Waals surface area (Å²) < 4.78 is 0. The molecule has 0 atom stereocenters. The van der Waals surface area contributed by atoms with Crippen molar-refractivity contribution >= 4 is 17.5 Å². The van der Waals surface area contributed by atoms with Gasteiger partial charge in [-0.15, -0.1) is 0 Å². The summed E-state index contributed by atoms with van der Waals surface area (Å²) in [6, 6.07) is 8.10. The van der Waals surface area contributed by atoms with Crippen molar-refractivity contribution in [1.29, 1.82) is 0 Å². The fraction of sp³-hybridized carbons (Fsp3) is 0.619. The highest BCUT2D eigenvalue weighted by atomic mass is 16.2. The molecular formula is C21H33N3O2. The predicted molar refractivity (Wildman–Crippen MR) is 106 cm³/mol. The van der Waals surface area contributed by atoms with E-state index in [1.54, 1.807) is 0 Å². The predicted octanol–water partition coefficient (Wildman–Crippen LogP) is 2.83. The molecule has 0 bridgehead atoms. The Bertz CT molecular complexity index is 607. The highest BCUT2D eigenvalue weighted by Crippen LogP contribution is 2.31. The number of benzene rings is 1. The second kappa shape index (κ2) is 9.72. The van der Waals surface area contributed by atoms with Gasteiger partial charge in [0.25, 0.3) is 0 Å². The van der Waals surface area contributed by atoms with Gasteiger partial charge in [0.1, 0.15) is 0 Å². The maximum absolute atomic E-state index is 13.0. The van der Waals surface area contributed by atoms with Crippen molar-refractivity contribution in [2.24, 2.45) is 11.8 Å². The van der Waals surface area contributed by atoms with Gasteiger partial charge in [-0.3, -0.25) is 9.59 Å². The van der Waals surface area contributed by atoms with Gasteiger partial charge in [-0.2, -0.15) is 0 Å². The number of anilines is 1. The fourth-order valence-electron chi connectivity index (χ4n) is 3.63. The zero-order valence-electron chi connectivity index (χ0n) is 16.6. The smallest absolute Gasteiger partial charge is 0.230 e. The van der Waals surface area contributed by atoms with Gasteiger partial charge in [0, 0.05) is 37.2 Å². The maximum atomic E-state index is 13.0. The molecule has 0 aromatic heterocycles. The summed E-state index contributed by atoms with van der Waals surface area (Å²) in [4.78, 5) is 29.2. The monoisotopic (exact) mass is 359 g/mol. The summed E-state index contributed by atoms with van der Waals surface area (Å²) in [6.07, 6.45) is 3.20. The Morgan fingerprint density at radius 3 is 2.35 bits per heavy atom. The van der Waals surface area contributed by atoms with Crippen LogP contribution in [-0.4, -0.2) is 50.4 Å². The molecule has 2 rings (SSSR count). The van der Waals surface area contributed by atoms with Crippen LogP contribution in [0, 0.1) is 18.8 Å². The topological polar surface area (TPSA) is 52.7 Å². The van der Waals surface area contributed by atoms with E-state index in [-0.39, 0.29) is 23.7 Å². The van der Waals surface area contributed by atoms with Crippen molar-refractivity contribution in [2.75, 3.05) is 38.6 Å². The Morgan fingerprint density at radius 2 is 1.77 bits per heavy atom. The highest BCUT2D eigenvalue weighted by molar-refractivity contribution is 5.95. The van der Waals surface area contributed by atoms with E-state index < -0.39 is 0 Å². The molecule has 1 aliphatic rings. The van der Waals surface area contributed by atoms with Gasteiger partial charge in [0.15, 0.2) is 0 Å². The van der Waals surface area contributed by atoms with E-state index >= 15 is 0 Å². The zero-order chi connectivity index (χ0) is 19.1. The molecule has 1 aromatic rings. The molecule has 1 aliphatic carbocycles. The lowest BCUT2D eigenvalue weighted by atomic mass is 9.81. The number of nitrogens with zero attached hydrogens (tertiary/aromatic N) is 2. The first-order chi connectivity index (χ1) is 12.4. The average molecular weight is 360 g/mol. The maximum Gasteiger partial charge on any atom is 0.230 e. The minimum absolute atomic E-state index is 0.0290. The quantitative estimate of drug-likeness (QED) is 0.814. The van der Waals surface area contributed by atoms with Crippen molar-refractivity contribution in [3.63, 3.8) is 0 Å². The number of aryl methyl sites for hydroxylation is 1. The molecule has 0 unspecified atom stereocenters. The summed E-state index contributed by atoms with van der Waals surface area (Å²) in [5, 5.41) is 3.02. The fourth-order valence-corrected chi connectivity index (χ4v) is 3.63. The van der Waals surface area contributed by atoms with Crippen LogP contribution >= 0.6 is 0 Å². The van der Waals surface area contributed by atoms with E-state index in [2.05, 4.69) is 16.3 Å². The van der Waals surface area contributed by atoms with Crippen molar-refractivity contribution in [3.05, 3.63) is 29.8 Å². The molecule has 0 spiro atoms. The van der Waals surface area contributed by atoms with E-state index in [1.807, 2.05) is 51.0 Å². The van der Waals surface area contributed by atoms with E-state index in [1.165, 1.54) is 0 Å². The molecule has 2 amide bonds. The number of amides is 2. The molecule has 0 saturated heterocycles. The number of hydrogen-bond acceptors (Lipinski definition) is 3. The van der Waals surface area contributed by atoms with Crippen LogP contribution in [-0.2, 0) is 9.59 Å². The van der Waals surface area contributed by atoms with Crippen LogP contribution in [0.3, 0.4) is 0 Å². The summed E-state index contributed by atoms with van der Waals surface area (Å²) >= 11 is 0. The van der Waals surface area contributed by atoms with Crippen LogP contribution in [0.25, 0.3) is 0 Å². The van der Waals surface area contributed by atoms with Gasteiger partial charge in [-0.05, 0) is 71.3 Å². The van der Waals surface area contributed by atoms with Gasteiger partial charge in [0.05, 0.1) is 0 Å². The number of hydrogen-bond donors (Lipinski definition) is 1. The Hall–Kier alpha value is -1.88. The second-order valence-electron chi connectivity index (χ2n) is 7.56. The number of carbonyl (C=O) groups is 2. The molecular weight excluding hydrogens is 326 g/mol. The molecule has 1 saturated carbocycles. The van der Waals surface area contributed by atoms with Crippen LogP contribution in [0.4, 0.5) is 5.69 Å². The Morgan fingerprint density at radius 1 is 1.12 bits per heavy atom. The molecule has 144 valence electrons. The van der Waals surface area contributed by atoms with Crippen LogP contribution in [0.1, 0.15) is 38.2 Å². The molecule has 0 heterocycles. The van der Waals surface area contributed by atoms with Crippen LogP contribution < -0.4 is 10.2 Å². The summed E-state index contributed by atoms with van der Waals surface area (Å²) in [7, 11) is 3.99. The molecule has 1 aromatic carbocycles. The van der Waals surface area contributed by atoms with E-state index in [0.29, 0.717) is 13.1 Å². The van der Waals surface area contributed by atoms with Crippen LogP contribution in [0.2, 0.25) is 0 Å². The Balaban J connectivity index is 1.88. The second-order valence-corrected chi connectivity index (χ2v) is 7.56. The van der Waals surface area contributed by atoms with Gasteiger partial charge in [-0.25, -0.2) is 0 Å². The molecule has 5 heteroatoms. The van der Waals surface area contributed by atoms with Crippen molar-refractivity contribution in [2.45, 2.75) is 39.5 Å². The minimum atomic E-state index is 0.0290. The number of rotatable bonds is 7. The van der Waals surface area contributed by atoms with Crippen LogP contribution in [0.5, 0.6) is 0 Å². The summed E-state index contributed by atoms with van der Waals surface area (Å²) in [6.45, 7) is 6.27. The van der Waals surface area contributed by atoms with Gasteiger partial charge in [-0.1, -0.05) is 12.1 Å². The lowest BCUT2D eigenvalue weighted by Gasteiger charge is -2.31. The molecule has 1 N–H and O–H groups in total. The third-order valence-electron chi connectivity index (χ3n) is 5.20. The Labute approximate surface area is 157 Å². The largest absolute Gasteiger partial charge is 0.355 e. The number of likely N-dealkylation sites (N-methyl/N-ethyl adjacent to an activating group) is 1. The first-order valence-corrected chi connectivity index (χ1v) is 9.72. The lowest BCUT2D eigenvalue weighted by Crippen LogP contribution is -2.41. The standard InChI is InChI=1S/C21H33N3O2/c1-5-24(19-8-6-7-16(2)15-19)21(26)18-11-9-17(10-12-18)20(25)22-13-14-23(3)4/h6-8,15,17-18H,5,9-14H2,1-4H3,(H,22,25). The highest BCUT2D eigenvalue weighted by Gasteiger charge is 2.32. The van der Waals surface area contributed by atoms with Gasteiger partial charge < -0.3 is 15.1 Å². The van der Waals surface area contributed by atoms with Crippen molar-refractivity contribution in [3.8, 4) is 0 Å². The van der Waals surface area contributed by atoms with E-state index in [4.69, 9.17) is 0 Å². The molecule has 1 fully saturated rings. The van der Waals surface area contributed by atoms with Crippen LogP contribution in [0.15, 0.2) is 24.3 Å². The summed E-state index contributed by atoms with van der Waals surface area (Å²) in [5.41, 5.74) is 2.13. The average Bonchev–Trinajstić information content (AvgIpc) is 2.62. The normalized spacial score (nSPS) is 20.0. The molecule has 5 nitrogen and oxygen atoms in total. The van der Waals surface area contributed by atoms with Gasteiger partial charge in [0.2, 0.25) is 11.8 Å². The number of nitrogens with one attached hydrogen (secondary N) is 1. The summed E-state index contributed by atoms with van der Waals surface area (Å²) in [5.74, 6) is 0.421. The van der Waals surface area contributed by atoms with E-state index in [9.17, 15) is 9.59 Å². The first-order valence-electron chi connectivity index (χ1n) is 9.72. The Kier molecular flexibility index (Phi) is 7.64. The zero-order valence-corrected chi connectivity index (χ0v) is 16.6. The SMILES string of the molecule is CCN(C(=O)C1CCC(C(=O)NCCN(C)C)CC1)c1cccc(C)c1. The minimum Gasteiger partial charge on any atom is -0.355 e. The molecule has 26 heavy (non-hydrogen) atoms. The van der Waals surface area contributed by atoms with Gasteiger partial charge >= 0.3 is 0 Å². The first kappa shape index (κ1) is 20.4. The third-order valence-corrected chi connectivity index (χ3v) is 5.20. The number of carbonyl (C=O) groups excluding carboxylic acids is 2. The lowest BCUT2D eigenvalue weighted by molar-refractivity contribution is -0.129. The molecule has 0 radical (unpaired) electrons. The van der Waals surface area contributed by atoms with Crippen molar-refractivity contribution in [1.82, 2.24) is 10.2 Å². The third kappa shape index (κ3) is 5.56.